The van der Waals surface area contributed by atoms with E-state index in [2.05, 4.69) is 4.98 Å². The number of aromatic nitrogens is 1. The Hall–Kier alpha value is -2.81. The molecule has 0 fully saturated rings. The predicted octanol–water partition coefficient (Wildman–Crippen LogP) is 3.63. The zero-order valence-corrected chi connectivity index (χ0v) is 11.5. The molecule has 21 heavy (non-hydrogen) atoms. The van der Waals surface area contributed by atoms with Crippen LogP contribution in [0.3, 0.4) is 0 Å². The second kappa shape index (κ2) is 5.67. The van der Waals surface area contributed by atoms with Crippen molar-refractivity contribution in [3.05, 3.63) is 78.1 Å². The van der Waals surface area contributed by atoms with Gasteiger partial charge >= 0.3 is 0 Å². The van der Waals surface area contributed by atoms with Crippen LogP contribution in [0.15, 0.2) is 66.9 Å². The van der Waals surface area contributed by atoms with Gasteiger partial charge in [0, 0.05) is 23.9 Å². The Bertz CT molecular complexity index is 754. The van der Waals surface area contributed by atoms with Crippen LogP contribution in [-0.4, -0.2) is 10.1 Å². The highest BCUT2D eigenvalue weighted by atomic mass is 16.3. The number of rotatable bonds is 3. The van der Waals surface area contributed by atoms with Crippen molar-refractivity contribution in [1.82, 2.24) is 4.98 Å². The first-order valence-electron chi connectivity index (χ1n) is 6.81. The van der Waals surface area contributed by atoms with E-state index in [0.717, 1.165) is 16.7 Å². The maximum Gasteiger partial charge on any atom is 0.145 e. The number of hydrogen-bond acceptors (Lipinski definition) is 3. The fourth-order valence-electron chi connectivity index (χ4n) is 2.36. The summed E-state index contributed by atoms with van der Waals surface area (Å²) in [6, 6.07) is 19.3. The highest BCUT2D eigenvalue weighted by molar-refractivity contribution is 5.73. The second-order valence-electron chi connectivity index (χ2n) is 4.94. The Labute approximate surface area is 123 Å². The first kappa shape index (κ1) is 13.2. The van der Waals surface area contributed by atoms with E-state index in [0.29, 0.717) is 17.8 Å². The molecule has 104 valence electrons. The highest BCUT2D eigenvalue weighted by Gasteiger charge is 2.11. The molecule has 2 aromatic carbocycles. The van der Waals surface area contributed by atoms with Crippen LogP contribution in [0.25, 0.3) is 11.1 Å². The number of anilines is 1. The van der Waals surface area contributed by atoms with E-state index < -0.39 is 0 Å². The summed E-state index contributed by atoms with van der Waals surface area (Å²) in [4.78, 5) is 4.30. The second-order valence-corrected chi connectivity index (χ2v) is 4.94. The van der Waals surface area contributed by atoms with Crippen LogP contribution in [0, 0.1) is 0 Å². The average Bonchev–Trinajstić information content (AvgIpc) is 2.50. The number of pyridine rings is 1. The van der Waals surface area contributed by atoms with Gasteiger partial charge < -0.3 is 10.8 Å². The Balaban J connectivity index is 1.99. The topological polar surface area (TPSA) is 59.1 Å². The minimum absolute atomic E-state index is 0.215. The largest absolute Gasteiger partial charge is 0.505 e. The number of benzene rings is 2. The molecule has 0 aliphatic rings. The molecule has 3 heteroatoms. The summed E-state index contributed by atoms with van der Waals surface area (Å²) in [5, 5.41) is 10.5. The maximum atomic E-state index is 10.5. The van der Waals surface area contributed by atoms with Crippen molar-refractivity contribution in [3.8, 4) is 16.9 Å². The molecule has 0 amide bonds. The quantitative estimate of drug-likeness (QED) is 0.718. The smallest absolute Gasteiger partial charge is 0.145 e. The summed E-state index contributed by atoms with van der Waals surface area (Å²) in [7, 11) is 0. The van der Waals surface area contributed by atoms with Crippen LogP contribution in [-0.2, 0) is 6.42 Å². The van der Waals surface area contributed by atoms with Gasteiger partial charge in [-0.05, 0) is 29.3 Å². The molecule has 0 atom stereocenters. The SMILES string of the molecule is Nc1cccc(-c2ccnc(Cc3ccccc3)c2O)c1. The Kier molecular flexibility index (Phi) is 3.56. The predicted molar refractivity (Wildman–Crippen MR) is 85.0 cm³/mol. The van der Waals surface area contributed by atoms with Gasteiger partial charge in [0.1, 0.15) is 5.75 Å². The molecule has 3 N–H and O–H groups in total. The van der Waals surface area contributed by atoms with Crippen LogP contribution in [0.1, 0.15) is 11.3 Å². The van der Waals surface area contributed by atoms with Gasteiger partial charge in [-0.3, -0.25) is 4.98 Å². The Morgan fingerprint density at radius 2 is 1.76 bits per heavy atom. The van der Waals surface area contributed by atoms with E-state index in [4.69, 9.17) is 5.73 Å². The number of hydrogen-bond donors (Lipinski definition) is 2. The standard InChI is InChI=1S/C18H16N2O/c19-15-8-4-7-14(12-15)16-9-10-20-17(18(16)21)11-13-5-2-1-3-6-13/h1-10,12,21H,11,19H2. The molecule has 0 aliphatic heterocycles. The summed E-state index contributed by atoms with van der Waals surface area (Å²) in [6.45, 7) is 0. The molecular formula is C18H16N2O. The minimum Gasteiger partial charge on any atom is -0.505 e. The number of aromatic hydroxyl groups is 1. The first-order valence-corrected chi connectivity index (χ1v) is 6.81. The molecule has 0 unspecified atom stereocenters. The lowest BCUT2D eigenvalue weighted by atomic mass is 10.0. The molecule has 0 spiro atoms. The molecule has 0 radical (unpaired) electrons. The van der Waals surface area contributed by atoms with Gasteiger partial charge in [0.2, 0.25) is 0 Å². The van der Waals surface area contributed by atoms with Gasteiger partial charge in [0.05, 0.1) is 5.69 Å². The molecular weight excluding hydrogens is 260 g/mol. The molecule has 1 heterocycles. The van der Waals surface area contributed by atoms with Gasteiger partial charge in [-0.15, -0.1) is 0 Å². The van der Waals surface area contributed by atoms with Gasteiger partial charge in [-0.2, -0.15) is 0 Å². The van der Waals surface area contributed by atoms with Crippen molar-refractivity contribution in [2.24, 2.45) is 0 Å². The number of nitrogen functional groups attached to an aromatic ring is 1. The van der Waals surface area contributed by atoms with Crippen molar-refractivity contribution in [2.45, 2.75) is 6.42 Å². The Morgan fingerprint density at radius 1 is 0.952 bits per heavy atom. The van der Waals surface area contributed by atoms with Crippen LogP contribution in [0.4, 0.5) is 5.69 Å². The lowest BCUT2D eigenvalue weighted by molar-refractivity contribution is 0.467. The van der Waals surface area contributed by atoms with Crippen LogP contribution in [0.2, 0.25) is 0 Å². The summed E-state index contributed by atoms with van der Waals surface area (Å²) < 4.78 is 0. The van der Waals surface area contributed by atoms with Gasteiger partial charge in [-0.25, -0.2) is 0 Å². The van der Waals surface area contributed by atoms with Crippen molar-refractivity contribution in [1.29, 1.82) is 0 Å². The third-order valence-electron chi connectivity index (χ3n) is 3.41. The number of nitrogens with zero attached hydrogens (tertiary/aromatic N) is 1. The van der Waals surface area contributed by atoms with Crippen molar-refractivity contribution in [3.63, 3.8) is 0 Å². The fourth-order valence-corrected chi connectivity index (χ4v) is 2.36. The van der Waals surface area contributed by atoms with Crippen LogP contribution >= 0.6 is 0 Å². The molecule has 0 aliphatic carbocycles. The highest BCUT2D eigenvalue weighted by Crippen LogP contribution is 2.32. The maximum absolute atomic E-state index is 10.5. The molecule has 1 aromatic heterocycles. The fraction of sp³-hybridized carbons (Fsp3) is 0.0556. The molecule has 0 saturated heterocycles. The third kappa shape index (κ3) is 2.87. The zero-order chi connectivity index (χ0) is 14.7. The van der Waals surface area contributed by atoms with E-state index in [-0.39, 0.29) is 5.75 Å². The summed E-state index contributed by atoms with van der Waals surface area (Å²) in [5.74, 6) is 0.215. The third-order valence-corrected chi connectivity index (χ3v) is 3.41. The van der Waals surface area contributed by atoms with E-state index >= 15 is 0 Å². The Morgan fingerprint density at radius 3 is 2.52 bits per heavy atom. The van der Waals surface area contributed by atoms with Crippen molar-refractivity contribution in [2.75, 3.05) is 5.73 Å². The molecule has 0 bridgehead atoms. The molecule has 3 aromatic rings. The van der Waals surface area contributed by atoms with Gasteiger partial charge in [0.25, 0.3) is 0 Å². The monoisotopic (exact) mass is 276 g/mol. The van der Waals surface area contributed by atoms with Crippen LogP contribution in [0.5, 0.6) is 5.75 Å². The van der Waals surface area contributed by atoms with E-state index in [1.54, 1.807) is 12.3 Å². The zero-order valence-electron chi connectivity index (χ0n) is 11.5. The van der Waals surface area contributed by atoms with Crippen molar-refractivity contribution < 1.29 is 5.11 Å². The molecule has 0 saturated carbocycles. The first-order chi connectivity index (χ1) is 10.2. The summed E-state index contributed by atoms with van der Waals surface area (Å²) in [6.07, 6.45) is 2.32. The lowest BCUT2D eigenvalue weighted by Crippen LogP contribution is -1.94. The normalized spacial score (nSPS) is 10.5. The van der Waals surface area contributed by atoms with E-state index in [9.17, 15) is 5.11 Å². The average molecular weight is 276 g/mol. The minimum atomic E-state index is 0.215. The van der Waals surface area contributed by atoms with E-state index in [1.807, 2.05) is 54.6 Å². The molecule has 3 nitrogen and oxygen atoms in total. The van der Waals surface area contributed by atoms with Crippen LogP contribution < -0.4 is 5.73 Å². The molecule has 3 rings (SSSR count). The lowest BCUT2D eigenvalue weighted by Gasteiger charge is -2.10. The van der Waals surface area contributed by atoms with Gasteiger partial charge in [-0.1, -0.05) is 42.5 Å². The number of nitrogens with two attached hydrogens (primary N) is 1. The van der Waals surface area contributed by atoms with E-state index in [1.165, 1.54) is 0 Å². The summed E-state index contributed by atoms with van der Waals surface area (Å²) in [5.41, 5.74) is 9.91. The summed E-state index contributed by atoms with van der Waals surface area (Å²) >= 11 is 0. The van der Waals surface area contributed by atoms with Gasteiger partial charge in [0.15, 0.2) is 0 Å². The van der Waals surface area contributed by atoms with Crippen molar-refractivity contribution >= 4 is 5.69 Å².